The van der Waals surface area contributed by atoms with Crippen molar-refractivity contribution in [1.82, 2.24) is 9.97 Å². The Labute approximate surface area is 155 Å². The van der Waals surface area contributed by atoms with Crippen molar-refractivity contribution < 1.29 is 9.18 Å². The fourth-order valence-electron chi connectivity index (χ4n) is 2.42. The van der Waals surface area contributed by atoms with E-state index in [4.69, 9.17) is 0 Å². The van der Waals surface area contributed by atoms with E-state index < -0.39 is 5.95 Å². The van der Waals surface area contributed by atoms with Crippen molar-refractivity contribution in [2.45, 2.75) is 24.6 Å². The summed E-state index contributed by atoms with van der Waals surface area (Å²) in [6.45, 7) is 3.93. The van der Waals surface area contributed by atoms with Gasteiger partial charge in [-0.2, -0.15) is 4.39 Å². The van der Waals surface area contributed by atoms with E-state index in [0.29, 0.717) is 16.3 Å². The number of thioether (sulfide) groups is 1. The summed E-state index contributed by atoms with van der Waals surface area (Å²) >= 11 is 1.39. The number of aryl methyl sites for hydroxylation is 2. The lowest BCUT2D eigenvalue weighted by Gasteiger charge is -2.11. The molecule has 0 spiro atoms. The first-order valence-corrected chi connectivity index (χ1v) is 9.08. The third kappa shape index (κ3) is 4.46. The summed E-state index contributed by atoms with van der Waals surface area (Å²) < 4.78 is 13.2. The maximum Gasteiger partial charge on any atom is 0.258 e. The first-order chi connectivity index (χ1) is 12.5. The van der Waals surface area contributed by atoms with Crippen LogP contribution in [-0.4, -0.2) is 15.9 Å². The predicted octanol–water partition coefficient (Wildman–Crippen LogP) is 4.78. The number of hydrogen-bond acceptors (Lipinski definition) is 4. The van der Waals surface area contributed by atoms with Gasteiger partial charge in [0.05, 0.1) is 5.56 Å². The lowest BCUT2D eigenvalue weighted by atomic mass is 10.1. The molecule has 0 aliphatic heterocycles. The zero-order valence-electron chi connectivity index (χ0n) is 14.5. The van der Waals surface area contributed by atoms with E-state index >= 15 is 0 Å². The lowest BCUT2D eigenvalue weighted by Crippen LogP contribution is -2.14. The number of hydrogen-bond donors (Lipinski definition) is 1. The van der Waals surface area contributed by atoms with E-state index in [-0.39, 0.29) is 5.91 Å². The molecule has 3 aromatic rings. The normalized spacial score (nSPS) is 10.6. The molecule has 2 heterocycles. The van der Waals surface area contributed by atoms with Crippen LogP contribution < -0.4 is 5.32 Å². The lowest BCUT2D eigenvalue weighted by molar-refractivity contribution is 0.102. The molecular formula is C20H18FN3OS. The molecule has 6 heteroatoms. The van der Waals surface area contributed by atoms with Gasteiger partial charge in [-0.3, -0.25) is 4.79 Å². The van der Waals surface area contributed by atoms with Gasteiger partial charge in [0, 0.05) is 23.8 Å². The Morgan fingerprint density at radius 1 is 1.12 bits per heavy atom. The summed E-state index contributed by atoms with van der Waals surface area (Å²) in [5.41, 5.74) is 4.13. The number of amides is 1. The van der Waals surface area contributed by atoms with Crippen LogP contribution in [-0.2, 0) is 5.75 Å². The minimum atomic E-state index is -0.517. The molecule has 3 rings (SSSR count). The van der Waals surface area contributed by atoms with Crippen molar-refractivity contribution in [3.63, 3.8) is 0 Å². The summed E-state index contributed by atoms with van der Waals surface area (Å²) in [7, 11) is 0. The number of anilines is 1. The molecule has 2 aromatic heterocycles. The Bertz CT molecular complexity index is 946. The summed E-state index contributed by atoms with van der Waals surface area (Å²) in [6, 6.07) is 12.5. The van der Waals surface area contributed by atoms with Gasteiger partial charge in [-0.25, -0.2) is 9.97 Å². The number of carbonyl (C=O) groups is 1. The number of rotatable bonds is 5. The van der Waals surface area contributed by atoms with Crippen LogP contribution >= 0.6 is 11.8 Å². The van der Waals surface area contributed by atoms with Gasteiger partial charge in [0.15, 0.2) is 0 Å². The minimum Gasteiger partial charge on any atom is -0.322 e. The highest BCUT2D eigenvalue weighted by molar-refractivity contribution is 7.98. The Morgan fingerprint density at radius 3 is 2.77 bits per heavy atom. The average molecular weight is 367 g/mol. The molecule has 1 amide bonds. The van der Waals surface area contributed by atoms with Gasteiger partial charge in [0.1, 0.15) is 5.03 Å². The number of aromatic nitrogens is 2. The molecule has 1 aromatic carbocycles. The smallest absolute Gasteiger partial charge is 0.258 e. The predicted molar refractivity (Wildman–Crippen MR) is 102 cm³/mol. The van der Waals surface area contributed by atoms with Crippen LogP contribution in [0.4, 0.5) is 10.1 Å². The van der Waals surface area contributed by atoms with Gasteiger partial charge in [-0.05, 0) is 60.9 Å². The van der Waals surface area contributed by atoms with E-state index in [1.807, 2.05) is 32.0 Å². The van der Waals surface area contributed by atoms with Crippen molar-refractivity contribution >= 4 is 23.4 Å². The third-order valence-corrected chi connectivity index (χ3v) is 4.90. The van der Waals surface area contributed by atoms with Gasteiger partial charge in [0.2, 0.25) is 5.95 Å². The molecular weight excluding hydrogens is 349 g/mol. The van der Waals surface area contributed by atoms with Crippen LogP contribution in [0.2, 0.25) is 0 Å². The standard InChI is InChI=1S/C20H18FN3OS/c1-13-5-6-14(2)17(10-13)24-19(25)16-4-3-8-23-20(16)26-12-15-7-9-22-18(21)11-15/h3-11H,12H2,1-2H3,(H,24,25). The fraction of sp³-hybridized carbons (Fsp3) is 0.150. The molecule has 0 aliphatic carbocycles. The molecule has 0 aliphatic rings. The number of carbonyl (C=O) groups excluding carboxylic acids is 1. The third-order valence-electron chi connectivity index (χ3n) is 3.82. The number of nitrogens with one attached hydrogen (secondary N) is 1. The van der Waals surface area contributed by atoms with E-state index in [2.05, 4.69) is 15.3 Å². The van der Waals surface area contributed by atoms with Crippen molar-refractivity contribution in [2.24, 2.45) is 0 Å². The number of halogens is 1. The summed E-state index contributed by atoms with van der Waals surface area (Å²) in [4.78, 5) is 20.6. The summed E-state index contributed by atoms with van der Waals surface area (Å²) in [6.07, 6.45) is 3.07. The fourth-order valence-corrected chi connectivity index (χ4v) is 3.36. The highest BCUT2D eigenvalue weighted by atomic mass is 32.2. The molecule has 0 unspecified atom stereocenters. The topological polar surface area (TPSA) is 54.9 Å². The van der Waals surface area contributed by atoms with E-state index in [9.17, 15) is 9.18 Å². The SMILES string of the molecule is Cc1ccc(C)c(NC(=O)c2cccnc2SCc2ccnc(F)c2)c1. The zero-order chi connectivity index (χ0) is 18.5. The van der Waals surface area contributed by atoms with Crippen LogP contribution in [0.3, 0.4) is 0 Å². The monoisotopic (exact) mass is 367 g/mol. The van der Waals surface area contributed by atoms with Crippen LogP contribution in [0.1, 0.15) is 27.0 Å². The Morgan fingerprint density at radius 2 is 1.96 bits per heavy atom. The van der Waals surface area contributed by atoms with E-state index in [1.54, 1.807) is 24.4 Å². The van der Waals surface area contributed by atoms with Crippen molar-refractivity contribution in [3.8, 4) is 0 Å². The second-order valence-electron chi connectivity index (χ2n) is 5.90. The molecule has 0 radical (unpaired) electrons. The highest BCUT2D eigenvalue weighted by Gasteiger charge is 2.14. The summed E-state index contributed by atoms with van der Waals surface area (Å²) in [5.74, 6) is -0.229. The second kappa shape index (κ2) is 8.10. The first-order valence-electron chi connectivity index (χ1n) is 8.10. The highest BCUT2D eigenvalue weighted by Crippen LogP contribution is 2.25. The van der Waals surface area contributed by atoms with Gasteiger partial charge in [-0.1, -0.05) is 12.1 Å². The number of pyridine rings is 2. The molecule has 0 fully saturated rings. The Kier molecular flexibility index (Phi) is 5.63. The molecule has 0 bridgehead atoms. The van der Waals surface area contributed by atoms with Crippen molar-refractivity contribution in [3.05, 3.63) is 83.1 Å². The molecule has 4 nitrogen and oxygen atoms in total. The first kappa shape index (κ1) is 18.1. The van der Waals surface area contributed by atoms with Crippen molar-refractivity contribution in [1.29, 1.82) is 0 Å². The maximum atomic E-state index is 13.2. The van der Waals surface area contributed by atoms with E-state index in [0.717, 1.165) is 22.4 Å². The molecule has 0 saturated heterocycles. The van der Waals surface area contributed by atoms with Gasteiger partial charge < -0.3 is 5.32 Å². The minimum absolute atomic E-state index is 0.213. The van der Waals surface area contributed by atoms with Gasteiger partial charge >= 0.3 is 0 Å². The molecule has 132 valence electrons. The largest absolute Gasteiger partial charge is 0.322 e. The van der Waals surface area contributed by atoms with Gasteiger partial charge in [0.25, 0.3) is 5.91 Å². The maximum absolute atomic E-state index is 13.2. The zero-order valence-corrected chi connectivity index (χ0v) is 15.3. The molecule has 26 heavy (non-hydrogen) atoms. The number of benzene rings is 1. The Balaban J connectivity index is 1.77. The molecule has 1 N–H and O–H groups in total. The molecule has 0 saturated carbocycles. The van der Waals surface area contributed by atoms with Crippen molar-refractivity contribution in [2.75, 3.05) is 5.32 Å². The second-order valence-corrected chi connectivity index (χ2v) is 6.87. The van der Waals surface area contributed by atoms with Crippen LogP contribution in [0.5, 0.6) is 0 Å². The number of nitrogens with zero attached hydrogens (tertiary/aromatic N) is 2. The van der Waals surface area contributed by atoms with Crippen LogP contribution in [0.25, 0.3) is 0 Å². The van der Waals surface area contributed by atoms with Crippen LogP contribution in [0, 0.1) is 19.8 Å². The van der Waals surface area contributed by atoms with Gasteiger partial charge in [-0.15, -0.1) is 11.8 Å². The average Bonchev–Trinajstić information content (AvgIpc) is 2.63. The Hall–Kier alpha value is -2.73. The van der Waals surface area contributed by atoms with E-state index in [1.165, 1.54) is 24.0 Å². The molecule has 0 atom stereocenters. The quantitative estimate of drug-likeness (QED) is 0.521. The van der Waals surface area contributed by atoms with Crippen LogP contribution in [0.15, 0.2) is 59.9 Å². The summed E-state index contributed by atoms with van der Waals surface area (Å²) in [5, 5.41) is 3.56.